The molecule has 0 spiro atoms. The molecule has 1 aliphatic rings. The highest BCUT2D eigenvalue weighted by atomic mass is 16.7. The third-order valence-corrected chi connectivity index (χ3v) is 2.32. The topological polar surface area (TPSA) is 66.8 Å². The third kappa shape index (κ3) is 1.77. The van der Waals surface area contributed by atoms with Gasteiger partial charge in [0.15, 0.2) is 5.72 Å². The summed E-state index contributed by atoms with van der Waals surface area (Å²) in [5, 5.41) is 10.5. The van der Waals surface area contributed by atoms with Crippen LogP contribution < -0.4 is 0 Å². The second kappa shape index (κ2) is 3.61. The van der Waals surface area contributed by atoms with Gasteiger partial charge in [-0.15, -0.1) is 5.06 Å². The number of carbonyl (C=O) groups excluding carboxylic acids is 2. The van der Waals surface area contributed by atoms with Crippen molar-refractivity contribution in [2.24, 2.45) is 0 Å². The monoisotopic (exact) mass is 221 g/mol. The number of benzene rings is 1. The van der Waals surface area contributed by atoms with Gasteiger partial charge in [0.05, 0.1) is 6.42 Å². The minimum absolute atomic E-state index is 0.217. The molecule has 0 radical (unpaired) electrons. The summed E-state index contributed by atoms with van der Waals surface area (Å²) in [7, 11) is 0. The van der Waals surface area contributed by atoms with E-state index < -0.39 is 17.6 Å². The van der Waals surface area contributed by atoms with Crippen LogP contribution in [-0.4, -0.2) is 27.8 Å². The van der Waals surface area contributed by atoms with E-state index in [0.717, 1.165) is 0 Å². The van der Waals surface area contributed by atoms with Gasteiger partial charge in [-0.3, -0.25) is 4.79 Å². The minimum Gasteiger partial charge on any atom is -0.368 e. The predicted molar refractivity (Wildman–Crippen MR) is 53.9 cm³/mol. The maximum atomic E-state index is 11.9. The highest BCUT2D eigenvalue weighted by Crippen LogP contribution is 2.26. The van der Waals surface area contributed by atoms with Crippen LogP contribution in [0.5, 0.6) is 0 Å². The molecule has 0 bridgehead atoms. The Kier molecular flexibility index (Phi) is 2.40. The van der Waals surface area contributed by atoms with Gasteiger partial charge in [0.25, 0.3) is 5.91 Å². The highest BCUT2D eigenvalue weighted by molar-refractivity contribution is 5.95. The number of carbonyl (C=O) groups is 2. The molecule has 1 amide bonds. The van der Waals surface area contributed by atoms with Crippen LogP contribution in [0.4, 0.5) is 0 Å². The molecule has 0 aromatic heterocycles. The summed E-state index contributed by atoms with van der Waals surface area (Å²) in [4.78, 5) is 27.6. The van der Waals surface area contributed by atoms with Gasteiger partial charge < -0.3 is 9.94 Å². The maximum Gasteiger partial charge on any atom is 0.337 e. The van der Waals surface area contributed by atoms with Crippen LogP contribution in [0, 0.1) is 0 Å². The molecule has 5 nitrogen and oxygen atoms in total. The molecular formula is C11H11NO4. The molecule has 1 saturated heterocycles. The molecule has 0 unspecified atom stereocenters. The van der Waals surface area contributed by atoms with Gasteiger partial charge in [-0.05, 0) is 19.1 Å². The van der Waals surface area contributed by atoms with E-state index in [-0.39, 0.29) is 6.42 Å². The molecule has 1 aliphatic heterocycles. The second-order valence-corrected chi connectivity index (χ2v) is 3.82. The van der Waals surface area contributed by atoms with Crippen molar-refractivity contribution in [3.8, 4) is 0 Å². The SMILES string of the molecule is C[C@]1(O)CC(=O)ON1C(=O)c1ccccc1. The zero-order chi connectivity index (χ0) is 11.8. The number of rotatable bonds is 1. The Morgan fingerprint density at radius 2 is 2.06 bits per heavy atom. The molecule has 2 rings (SSSR count). The largest absolute Gasteiger partial charge is 0.368 e. The van der Waals surface area contributed by atoms with Gasteiger partial charge >= 0.3 is 5.97 Å². The van der Waals surface area contributed by atoms with Gasteiger partial charge in [-0.25, -0.2) is 4.79 Å². The fourth-order valence-corrected chi connectivity index (χ4v) is 1.54. The van der Waals surface area contributed by atoms with Gasteiger partial charge in [0.1, 0.15) is 0 Å². The summed E-state index contributed by atoms with van der Waals surface area (Å²) in [5.41, 5.74) is -1.22. The molecule has 1 N–H and O–H groups in total. The first-order valence-electron chi connectivity index (χ1n) is 4.83. The quantitative estimate of drug-likeness (QED) is 0.758. The normalized spacial score (nSPS) is 24.4. The van der Waals surface area contributed by atoms with Gasteiger partial charge in [0.2, 0.25) is 0 Å². The van der Waals surface area contributed by atoms with Crippen LogP contribution >= 0.6 is 0 Å². The molecular weight excluding hydrogens is 210 g/mol. The van der Waals surface area contributed by atoms with Crippen molar-refractivity contribution in [2.75, 3.05) is 0 Å². The number of nitrogens with zero attached hydrogens (tertiary/aromatic N) is 1. The number of hydroxylamine groups is 2. The van der Waals surface area contributed by atoms with E-state index in [1.54, 1.807) is 30.3 Å². The first-order chi connectivity index (χ1) is 7.50. The highest BCUT2D eigenvalue weighted by Gasteiger charge is 2.45. The second-order valence-electron chi connectivity index (χ2n) is 3.82. The van der Waals surface area contributed by atoms with E-state index in [1.807, 2.05) is 0 Å². The number of hydrogen-bond donors (Lipinski definition) is 1. The zero-order valence-corrected chi connectivity index (χ0v) is 8.71. The first kappa shape index (κ1) is 10.6. The molecule has 16 heavy (non-hydrogen) atoms. The molecule has 1 fully saturated rings. The Morgan fingerprint density at radius 3 is 2.56 bits per heavy atom. The molecule has 0 aliphatic carbocycles. The van der Waals surface area contributed by atoms with Crippen molar-refractivity contribution in [3.63, 3.8) is 0 Å². The Hall–Kier alpha value is -1.88. The van der Waals surface area contributed by atoms with Crippen LogP contribution in [-0.2, 0) is 9.63 Å². The summed E-state index contributed by atoms with van der Waals surface area (Å²) in [6.45, 7) is 1.36. The van der Waals surface area contributed by atoms with Crippen molar-refractivity contribution in [1.29, 1.82) is 0 Å². The lowest BCUT2D eigenvalue weighted by Gasteiger charge is -2.25. The fraction of sp³-hybridized carbons (Fsp3) is 0.273. The van der Waals surface area contributed by atoms with E-state index >= 15 is 0 Å². The van der Waals surface area contributed by atoms with Gasteiger partial charge in [-0.2, -0.15) is 0 Å². The number of aliphatic hydroxyl groups is 1. The Labute approximate surface area is 92.2 Å². The van der Waals surface area contributed by atoms with Crippen molar-refractivity contribution < 1.29 is 19.5 Å². The molecule has 1 aromatic carbocycles. The van der Waals surface area contributed by atoms with Crippen molar-refractivity contribution in [2.45, 2.75) is 19.1 Å². The summed E-state index contributed by atoms with van der Waals surface area (Å²) < 4.78 is 0. The molecule has 5 heteroatoms. The van der Waals surface area contributed by atoms with Gasteiger partial charge in [0, 0.05) is 5.56 Å². The summed E-state index contributed by atoms with van der Waals surface area (Å²) in [5.74, 6) is -1.15. The van der Waals surface area contributed by atoms with Crippen LogP contribution in [0.15, 0.2) is 30.3 Å². The van der Waals surface area contributed by atoms with Crippen molar-refractivity contribution >= 4 is 11.9 Å². The molecule has 0 saturated carbocycles. The average Bonchev–Trinajstić information content (AvgIpc) is 2.52. The van der Waals surface area contributed by atoms with E-state index in [9.17, 15) is 14.7 Å². The standard InChI is InChI=1S/C11H11NO4/c1-11(15)7-9(13)16-12(11)10(14)8-5-3-2-4-6-8/h2-6,15H,7H2,1H3/t11-/m0/s1. The lowest BCUT2D eigenvalue weighted by atomic mass is 10.1. The minimum atomic E-state index is -1.58. The van der Waals surface area contributed by atoms with Crippen LogP contribution in [0.25, 0.3) is 0 Å². The number of hydrogen-bond acceptors (Lipinski definition) is 4. The summed E-state index contributed by atoms with van der Waals surface area (Å²) in [6.07, 6.45) is -0.217. The molecule has 1 aromatic rings. The lowest BCUT2D eigenvalue weighted by molar-refractivity contribution is -0.197. The first-order valence-corrected chi connectivity index (χ1v) is 4.83. The summed E-state index contributed by atoms with van der Waals surface area (Å²) >= 11 is 0. The maximum absolute atomic E-state index is 11.9. The van der Waals surface area contributed by atoms with Crippen LogP contribution in [0.2, 0.25) is 0 Å². The van der Waals surface area contributed by atoms with Gasteiger partial charge in [-0.1, -0.05) is 18.2 Å². The van der Waals surface area contributed by atoms with E-state index in [4.69, 9.17) is 0 Å². The Bertz CT molecular complexity index is 427. The average molecular weight is 221 g/mol. The molecule has 84 valence electrons. The number of amides is 1. The van der Waals surface area contributed by atoms with E-state index in [2.05, 4.69) is 4.84 Å². The van der Waals surface area contributed by atoms with Crippen LogP contribution in [0.3, 0.4) is 0 Å². The predicted octanol–water partition coefficient (Wildman–Crippen LogP) is 0.699. The van der Waals surface area contributed by atoms with E-state index in [1.165, 1.54) is 6.92 Å². The fourth-order valence-electron chi connectivity index (χ4n) is 1.54. The third-order valence-electron chi connectivity index (χ3n) is 2.32. The van der Waals surface area contributed by atoms with Crippen LogP contribution in [0.1, 0.15) is 23.7 Å². The van der Waals surface area contributed by atoms with Crippen molar-refractivity contribution in [1.82, 2.24) is 5.06 Å². The Balaban J connectivity index is 2.27. The molecule has 1 atom stereocenters. The summed E-state index contributed by atoms with van der Waals surface area (Å²) in [6, 6.07) is 8.33. The molecule has 1 heterocycles. The Morgan fingerprint density at radius 1 is 1.44 bits per heavy atom. The zero-order valence-electron chi connectivity index (χ0n) is 8.71. The van der Waals surface area contributed by atoms with Crippen molar-refractivity contribution in [3.05, 3.63) is 35.9 Å². The lowest BCUT2D eigenvalue weighted by Crippen LogP contribution is -2.44. The van der Waals surface area contributed by atoms with E-state index in [0.29, 0.717) is 10.6 Å². The smallest absolute Gasteiger partial charge is 0.337 e.